The Morgan fingerprint density at radius 1 is 1.55 bits per heavy atom. The molecule has 1 saturated carbocycles. The van der Waals surface area contributed by atoms with Gasteiger partial charge in [-0.2, -0.15) is 0 Å². The molecule has 11 heavy (non-hydrogen) atoms. The summed E-state index contributed by atoms with van der Waals surface area (Å²) in [5.74, 6) is -0.507. The Bertz CT molecular complexity index is 244. The van der Waals surface area contributed by atoms with Crippen LogP contribution < -0.4 is 0 Å². The van der Waals surface area contributed by atoms with Crippen LogP contribution in [0.25, 0.3) is 0 Å². The minimum atomic E-state index is -0.420. The van der Waals surface area contributed by atoms with Crippen molar-refractivity contribution in [3.05, 3.63) is 0 Å². The molecule has 2 rings (SSSR count). The van der Waals surface area contributed by atoms with Crippen molar-refractivity contribution in [1.29, 1.82) is 0 Å². The van der Waals surface area contributed by atoms with E-state index in [0.717, 1.165) is 0 Å². The van der Waals surface area contributed by atoms with Crippen LogP contribution in [0.1, 0.15) is 20.3 Å². The number of esters is 2. The minimum absolute atomic E-state index is 0.116. The van der Waals surface area contributed by atoms with Gasteiger partial charge in [0.15, 0.2) is 0 Å². The van der Waals surface area contributed by atoms with Gasteiger partial charge in [0.05, 0.1) is 11.3 Å². The molecule has 2 aliphatic rings. The molecular formula is C8H10O3. The molecule has 0 spiro atoms. The fourth-order valence-electron chi connectivity index (χ4n) is 1.93. The normalized spacial score (nSPS) is 40.8. The van der Waals surface area contributed by atoms with Crippen LogP contribution in [-0.2, 0) is 14.3 Å². The lowest BCUT2D eigenvalue weighted by molar-refractivity contribution is -0.157. The summed E-state index contributed by atoms with van der Waals surface area (Å²) in [6.45, 7) is 3.92. The average molecular weight is 154 g/mol. The van der Waals surface area contributed by atoms with Crippen LogP contribution in [0.15, 0.2) is 0 Å². The number of rotatable bonds is 1. The summed E-state index contributed by atoms with van der Waals surface area (Å²) in [4.78, 5) is 22.0. The molecule has 0 radical (unpaired) electrons. The third-order valence-electron chi connectivity index (χ3n) is 2.89. The van der Waals surface area contributed by atoms with E-state index >= 15 is 0 Å². The van der Waals surface area contributed by atoms with Gasteiger partial charge >= 0.3 is 11.9 Å². The average Bonchev–Trinajstić information content (AvgIpc) is 2.56. The van der Waals surface area contributed by atoms with E-state index in [9.17, 15) is 9.59 Å². The lowest BCUT2D eigenvalue weighted by Crippen LogP contribution is -2.20. The quantitative estimate of drug-likeness (QED) is 0.413. The fraction of sp³-hybridized carbons (Fsp3) is 0.750. The van der Waals surface area contributed by atoms with Gasteiger partial charge in [-0.1, -0.05) is 13.8 Å². The second kappa shape index (κ2) is 1.65. The Balaban J connectivity index is 2.32. The topological polar surface area (TPSA) is 43.4 Å². The molecule has 1 heterocycles. The SMILES string of the molecule is CC(C)[C@]12C[C@H]1C(=O)OC2=O. The second-order valence-corrected chi connectivity index (χ2v) is 3.66. The summed E-state index contributed by atoms with van der Waals surface area (Å²) < 4.78 is 4.51. The highest BCUT2D eigenvalue weighted by Gasteiger charge is 2.72. The van der Waals surface area contributed by atoms with Crippen LogP contribution in [0.4, 0.5) is 0 Å². The van der Waals surface area contributed by atoms with Gasteiger partial charge in [0, 0.05) is 0 Å². The highest BCUT2D eigenvalue weighted by Crippen LogP contribution is 2.62. The van der Waals surface area contributed by atoms with Crippen LogP contribution in [0.3, 0.4) is 0 Å². The Morgan fingerprint density at radius 2 is 2.18 bits per heavy atom. The first-order valence-electron chi connectivity index (χ1n) is 3.85. The maximum Gasteiger partial charge on any atom is 0.320 e. The molecule has 2 atom stereocenters. The molecular weight excluding hydrogens is 144 g/mol. The van der Waals surface area contributed by atoms with E-state index < -0.39 is 5.41 Å². The molecule has 0 amide bonds. The number of carbonyl (C=O) groups excluding carboxylic acids is 2. The third-order valence-corrected chi connectivity index (χ3v) is 2.89. The highest BCUT2D eigenvalue weighted by atomic mass is 16.6. The molecule has 0 aromatic rings. The molecule has 1 aliphatic heterocycles. The first kappa shape index (κ1) is 6.83. The van der Waals surface area contributed by atoms with Crippen LogP contribution in [0.2, 0.25) is 0 Å². The lowest BCUT2D eigenvalue weighted by atomic mass is 9.91. The van der Waals surface area contributed by atoms with E-state index in [1.807, 2.05) is 13.8 Å². The predicted molar refractivity (Wildman–Crippen MR) is 36.5 cm³/mol. The minimum Gasteiger partial charge on any atom is -0.392 e. The van der Waals surface area contributed by atoms with E-state index in [4.69, 9.17) is 0 Å². The zero-order valence-electron chi connectivity index (χ0n) is 6.59. The maximum absolute atomic E-state index is 11.1. The summed E-state index contributed by atoms with van der Waals surface area (Å²) in [7, 11) is 0. The molecule has 2 fully saturated rings. The molecule has 3 heteroatoms. The number of fused-ring (bicyclic) bond motifs is 1. The highest BCUT2D eigenvalue weighted by molar-refractivity contribution is 6.04. The zero-order valence-corrected chi connectivity index (χ0v) is 6.59. The van der Waals surface area contributed by atoms with Gasteiger partial charge in [0.25, 0.3) is 0 Å². The molecule has 0 unspecified atom stereocenters. The summed E-state index contributed by atoms with van der Waals surface area (Å²) in [6.07, 6.45) is 0.711. The van der Waals surface area contributed by atoms with Gasteiger partial charge in [-0.25, -0.2) is 0 Å². The Hall–Kier alpha value is -0.860. The Kier molecular flexibility index (Phi) is 1.03. The van der Waals surface area contributed by atoms with Gasteiger partial charge in [-0.3, -0.25) is 9.59 Å². The molecule has 0 aromatic heterocycles. The molecule has 60 valence electrons. The van der Waals surface area contributed by atoms with Crippen molar-refractivity contribution in [2.45, 2.75) is 20.3 Å². The van der Waals surface area contributed by atoms with Crippen molar-refractivity contribution in [2.24, 2.45) is 17.3 Å². The number of cyclic esters (lactones) is 2. The van der Waals surface area contributed by atoms with Gasteiger partial charge in [0.2, 0.25) is 0 Å². The Labute approximate surface area is 64.7 Å². The van der Waals surface area contributed by atoms with E-state index in [-0.39, 0.29) is 23.8 Å². The maximum atomic E-state index is 11.1. The van der Waals surface area contributed by atoms with E-state index in [0.29, 0.717) is 6.42 Å². The van der Waals surface area contributed by atoms with Crippen molar-refractivity contribution in [2.75, 3.05) is 0 Å². The number of hydrogen-bond acceptors (Lipinski definition) is 3. The van der Waals surface area contributed by atoms with Gasteiger partial charge < -0.3 is 4.74 Å². The van der Waals surface area contributed by atoms with Crippen LogP contribution in [0, 0.1) is 17.3 Å². The van der Waals surface area contributed by atoms with E-state index in [1.165, 1.54) is 0 Å². The summed E-state index contributed by atoms with van der Waals surface area (Å²) >= 11 is 0. The molecule has 3 nitrogen and oxygen atoms in total. The smallest absolute Gasteiger partial charge is 0.320 e. The molecule has 0 bridgehead atoms. The molecule has 1 aliphatic carbocycles. The standard InChI is InChI=1S/C8H10O3/c1-4(2)8-3-5(8)6(9)11-7(8)10/h4-5H,3H2,1-2H3/t5-,8+/m0/s1. The molecule has 0 aromatic carbocycles. The van der Waals surface area contributed by atoms with Crippen molar-refractivity contribution < 1.29 is 14.3 Å². The lowest BCUT2D eigenvalue weighted by Gasteiger charge is -2.10. The monoisotopic (exact) mass is 154 g/mol. The second-order valence-electron chi connectivity index (χ2n) is 3.66. The fourth-order valence-corrected chi connectivity index (χ4v) is 1.93. The first-order valence-corrected chi connectivity index (χ1v) is 3.85. The van der Waals surface area contributed by atoms with Crippen molar-refractivity contribution in [1.82, 2.24) is 0 Å². The Morgan fingerprint density at radius 3 is 2.36 bits per heavy atom. The van der Waals surface area contributed by atoms with Crippen molar-refractivity contribution in [3.63, 3.8) is 0 Å². The number of hydrogen-bond donors (Lipinski definition) is 0. The largest absolute Gasteiger partial charge is 0.392 e. The zero-order chi connectivity index (χ0) is 8.22. The van der Waals surface area contributed by atoms with E-state index in [1.54, 1.807) is 0 Å². The van der Waals surface area contributed by atoms with Crippen LogP contribution in [-0.4, -0.2) is 11.9 Å². The van der Waals surface area contributed by atoms with Gasteiger partial charge in [-0.05, 0) is 12.3 Å². The van der Waals surface area contributed by atoms with Crippen molar-refractivity contribution in [3.8, 4) is 0 Å². The van der Waals surface area contributed by atoms with Crippen molar-refractivity contribution >= 4 is 11.9 Å². The number of ether oxygens (including phenoxy) is 1. The summed E-state index contributed by atoms with van der Waals surface area (Å²) in [5, 5.41) is 0. The predicted octanol–water partition coefficient (Wildman–Crippen LogP) is 0.732. The first-order chi connectivity index (χ1) is 5.09. The van der Waals surface area contributed by atoms with Gasteiger partial charge in [0.1, 0.15) is 0 Å². The number of carbonyl (C=O) groups is 2. The molecule has 0 N–H and O–H groups in total. The van der Waals surface area contributed by atoms with E-state index in [2.05, 4.69) is 4.74 Å². The van der Waals surface area contributed by atoms with Gasteiger partial charge in [-0.15, -0.1) is 0 Å². The van der Waals surface area contributed by atoms with Crippen LogP contribution >= 0.6 is 0 Å². The molecule has 1 saturated heterocycles. The summed E-state index contributed by atoms with van der Waals surface area (Å²) in [5.41, 5.74) is -0.420. The van der Waals surface area contributed by atoms with Crippen LogP contribution in [0.5, 0.6) is 0 Å². The third kappa shape index (κ3) is 0.588. The summed E-state index contributed by atoms with van der Waals surface area (Å²) in [6, 6.07) is 0.